The van der Waals surface area contributed by atoms with Crippen LogP contribution >= 0.6 is 15.9 Å². The van der Waals surface area contributed by atoms with E-state index in [1.54, 1.807) is 19.9 Å². The molecular formula is C24H25BrO6. The van der Waals surface area contributed by atoms with Crippen molar-refractivity contribution in [1.82, 2.24) is 0 Å². The maximum atomic E-state index is 13.4. The first-order valence-corrected chi connectivity index (χ1v) is 11.7. The van der Waals surface area contributed by atoms with Crippen molar-refractivity contribution in [2.75, 3.05) is 6.61 Å². The Morgan fingerprint density at radius 2 is 1.81 bits per heavy atom. The predicted octanol–water partition coefficient (Wildman–Crippen LogP) is 5.61. The van der Waals surface area contributed by atoms with Gasteiger partial charge in [0, 0.05) is 0 Å². The van der Waals surface area contributed by atoms with Crippen LogP contribution in [0.4, 0.5) is 0 Å². The molecule has 1 aromatic carbocycles. The second-order valence-electron chi connectivity index (χ2n) is 9.48. The lowest BCUT2D eigenvalue weighted by molar-refractivity contribution is -0.161. The van der Waals surface area contributed by atoms with Gasteiger partial charge in [0.05, 0.1) is 21.9 Å². The topological polar surface area (TPSA) is 82.8 Å². The van der Waals surface area contributed by atoms with Crippen LogP contribution in [0.15, 0.2) is 15.0 Å². The fourth-order valence-corrected chi connectivity index (χ4v) is 7.09. The van der Waals surface area contributed by atoms with Crippen molar-refractivity contribution in [2.45, 2.75) is 52.4 Å². The highest BCUT2D eigenvalue weighted by Gasteiger charge is 2.55. The maximum absolute atomic E-state index is 13.4. The van der Waals surface area contributed by atoms with Crippen molar-refractivity contribution >= 4 is 45.1 Å². The van der Waals surface area contributed by atoms with Crippen molar-refractivity contribution in [3.8, 4) is 5.75 Å². The van der Waals surface area contributed by atoms with Crippen LogP contribution in [-0.4, -0.2) is 24.8 Å². The lowest BCUT2D eigenvalue weighted by atomic mass is 9.49. The third kappa shape index (κ3) is 3.23. The van der Waals surface area contributed by atoms with E-state index in [9.17, 15) is 14.4 Å². The van der Waals surface area contributed by atoms with Gasteiger partial charge in [0.2, 0.25) is 0 Å². The summed E-state index contributed by atoms with van der Waals surface area (Å²) in [4.78, 5) is 37.5. The summed E-state index contributed by atoms with van der Waals surface area (Å²) in [5.74, 6) is 1.31. The van der Waals surface area contributed by atoms with Gasteiger partial charge in [0.15, 0.2) is 12.0 Å². The Bertz CT molecular complexity index is 1060. The molecule has 0 spiro atoms. The van der Waals surface area contributed by atoms with Gasteiger partial charge in [0.1, 0.15) is 16.9 Å². The van der Waals surface area contributed by atoms with E-state index in [-0.39, 0.29) is 23.9 Å². The first kappa shape index (κ1) is 20.7. The van der Waals surface area contributed by atoms with E-state index in [1.165, 1.54) is 19.3 Å². The minimum absolute atomic E-state index is 0.0505. The number of benzene rings is 1. The van der Waals surface area contributed by atoms with E-state index in [4.69, 9.17) is 13.9 Å². The van der Waals surface area contributed by atoms with Crippen LogP contribution in [0.1, 0.15) is 71.9 Å². The summed E-state index contributed by atoms with van der Waals surface area (Å²) in [5, 5.41) is 0.397. The molecule has 6 nitrogen and oxygen atoms in total. The van der Waals surface area contributed by atoms with E-state index >= 15 is 0 Å². The first-order chi connectivity index (χ1) is 14.8. The third-order valence-corrected chi connectivity index (χ3v) is 8.12. The third-order valence-electron chi connectivity index (χ3n) is 7.34. The minimum atomic E-state index is -0.645. The molecule has 0 radical (unpaired) electrons. The first-order valence-electron chi connectivity index (χ1n) is 11.0. The molecule has 0 N–H and O–H groups in total. The smallest absolute Gasteiger partial charge is 0.342 e. The molecule has 0 aliphatic heterocycles. The zero-order valence-corrected chi connectivity index (χ0v) is 19.2. The molecule has 1 aromatic heterocycles. The molecular weight excluding hydrogens is 464 g/mol. The van der Waals surface area contributed by atoms with Gasteiger partial charge in [-0.15, -0.1) is 0 Å². The van der Waals surface area contributed by atoms with Crippen LogP contribution in [0.2, 0.25) is 0 Å². The van der Waals surface area contributed by atoms with Crippen molar-refractivity contribution in [2.24, 2.45) is 23.2 Å². The van der Waals surface area contributed by atoms with Crippen molar-refractivity contribution in [3.63, 3.8) is 0 Å². The number of fused-ring (bicyclic) bond motifs is 1. The fourth-order valence-electron chi connectivity index (χ4n) is 6.52. The number of carbonyl (C=O) groups is 3. The average Bonchev–Trinajstić information content (AvgIpc) is 3.11. The number of esters is 2. The van der Waals surface area contributed by atoms with E-state index in [2.05, 4.69) is 15.9 Å². The van der Waals surface area contributed by atoms with Crippen molar-refractivity contribution < 1.29 is 28.3 Å². The molecule has 31 heavy (non-hydrogen) atoms. The summed E-state index contributed by atoms with van der Waals surface area (Å²) in [7, 11) is 0. The SMILES string of the molecule is CCOC(=O)c1c(C=O)oc2c(C)cc(OC(=O)C34CC5CC(CC(C5)C3)C4)c(Br)c12. The Morgan fingerprint density at radius 3 is 2.35 bits per heavy atom. The second-order valence-corrected chi connectivity index (χ2v) is 10.3. The van der Waals surface area contributed by atoms with Crippen molar-refractivity contribution in [1.29, 1.82) is 0 Å². The van der Waals surface area contributed by atoms with Crippen LogP contribution in [0.3, 0.4) is 0 Å². The normalized spacial score (nSPS) is 28.7. The monoisotopic (exact) mass is 488 g/mol. The minimum Gasteiger partial charge on any atom is -0.462 e. The Balaban J connectivity index is 1.54. The molecule has 4 aliphatic rings. The number of aldehydes is 1. The molecule has 0 atom stereocenters. The van der Waals surface area contributed by atoms with Gasteiger partial charge in [-0.05, 0) is 97.7 Å². The molecule has 4 bridgehead atoms. The molecule has 1 heterocycles. The van der Waals surface area contributed by atoms with E-state index < -0.39 is 11.4 Å². The zero-order valence-electron chi connectivity index (χ0n) is 17.7. The predicted molar refractivity (Wildman–Crippen MR) is 116 cm³/mol. The van der Waals surface area contributed by atoms with Crippen LogP contribution in [0.5, 0.6) is 5.75 Å². The summed E-state index contributed by atoms with van der Waals surface area (Å²) in [6, 6.07) is 1.72. The largest absolute Gasteiger partial charge is 0.462 e. The van der Waals surface area contributed by atoms with Crippen LogP contribution in [0, 0.1) is 30.1 Å². The van der Waals surface area contributed by atoms with Gasteiger partial charge in [-0.1, -0.05) is 0 Å². The molecule has 0 amide bonds. The average molecular weight is 489 g/mol. The number of hydrogen-bond acceptors (Lipinski definition) is 6. The maximum Gasteiger partial charge on any atom is 0.342 e. The molecule has 7 heteroatoms. The second kappa shape index (κ2) is 7.47. The number of aryl methyl sites for hydroxylation is 1. The van der Waals surface area contributed by atoms with Gasteiger partial charge in [-0.3, -0.25) is 9.59 Å². The number of ether oxygens (including phenoxy) is 2. The standard InChI is InChI=1S/C24H25BrO6/c1-3-29-22(27)18-17(11-26)30-21-12(2)4-16(20(25)19(18)21)31-23(28)24-8-13-5-14(9-24)7-15(6-13)10-24/h4,11,13-15H,3,5-10H2,1-2H3. The summed E-state index contributed by atoms with van der Waals surface area (Å²) >= 11 is 3.51. The number of carbonyl (C=O) groups excluding carboxylic acids is 3. The van der Waals surface area contributed by atoms with E-state index in [1.807, 2.05) is 0 Å². The van der Waals surface area contributed by atoms with Gasteiger partial charge < -0.3 is 13.9 Å². The summed E-state index contributed by atoms with van der Waals surface area (Å²) in [6.07, 6.45) is 6.96. The Morgan fingerprint density at radius 1 is 1.19 bits per heavy atom. The van der Waals surface area contributed by atoms with E-state index in [0.29, 0.717) is 50.8 Å². The Labute approximate surface area is 188 Å². The molecule has 6 rings (SSSR count). The van der Waals surface area contributed by atoms with Crippen molar-refractivity contribution in [3.05, 3.63) is 27.4 Å². The molecule has 2 aromatic rings. The highest BCUT2D eigenvalue weighted by Crippen LogP contribution is 2.60. The van der Waals surface area contributed by atoms with Crippen LogP contribution in [-0.2, 0) is 9.53 Å². The van der Waals surface area contributed by atoms with E-state index in [0.717, 1.165) is 19.3 Å². The Kier molecular flexibility index (Phi) is 5.00. The molecule has 164 valence electrons. The van der Waals surface area contributed by atoms with Gasteiger partial charge in [-0.2, -0.15) is 0 Å². The van der Waals surface area contributed by atoms with Crippen LogP contribution in [0.25, 0.3) is 11.0 Å². The molecule has 4 fully saturated rings. The molecule has 4 saturated carbocycles. The molecule has 4 aliphatic carbocycles. The quantitative estimate of drug-likeness (QED) is 0.308. The number of furan rings is 1. The van der Waals surface area contributed by atoms with Gasteiger partial charge in [0.25, 0.3) is 0 Å². The molecule has 0 saturated heterocycles. The number of halogens is 1. The lowest BCUT2D eigenvalue weighted by Gasteiger charge is -2.55. The summed E-state index contributed by atoms with van der Waals surface area (Å²) in [5.41, 5.74) is 0.720. The zero-order chi connectivity index (χ0) is 21.9. The highest BCUT2D eigenvalue weighted by molar-refractivity contribution is 9.10. The lowest BCUT2D eigenvalue weighted by Crippen LogP contribution is -2.51. The number of hydrogen-bond donors (Lipinski definition) is 0. The summed E-state index contributed by atoms with van der Waals surface area (Å²) in [6.45, 7) is 3.66. The number of rotatable bonds is 5. The van der Waals surface area contributed by atoms with Crippen LogP contribution < -0.4 is 4.74 Å². The Hall–Kier alpha value is -2.15. The molecule has 0 unspecified atom stereocenters. The fraction of sp³-hybridized carbons (Fsp3) is 0.542. The summed E-state index contributed by atoms with van der Waals surface area (Å²) < 4.78 is 17.2. The highest BCUT2D eigenvalue weighted by atomic mass is 79.9. The van der Waals surface area contributed by atoms with Gasteiger partial charge >= 0.3 is 11.9 Å². The van der Waals surface area contributed by atoms with Gasteiger partial charge in [-0.25, -0.2) is 4.79 Å².